The number of alkyl halides is 1. The molecule has 7 rings (SSSR count). The molecule has 6 atom stereocenters. The number of aromatic carboxylic acids is 1. The third-order valence-electron chi connectivity index (χ3n) is 11.0. The van der Waals surface area contributed by atoms with Crippen molar-refractivity contribution in [1.82, 2.24) is 15.2 Å². The Kier molecular flexibility index (Phi) is 8.63. The summed E-state index contributed by atoms with van der Waals surface area (Å²) in [4.78, 5) is 38.5. The number of carboxylic acid groups (broad SMARTS) is 1. The molecule has 2 aromatic rings. The first kappa shape index (κ1) is 32.7. The number of halogens is 1. The van der Waals surface area contributed by atoms with Crippen LogP contribution in [-0.4, -0.2) is 70.8 Å². The Labute approximate surface area is 270 Å². The summed E-state index contributed by atoms with van der Waals surface area (Å²) in [7, 11) is 0. The fourth-order valence-corrected chi connectivity index (χ4v) is 8.52. The van der Waals surface area contributed by atoms with Crippen molar-refractivity contribution in [3.8, 4) is 0 Å². The van der Waals surface area contributed by atoms with Crippen LogP contribution in [0.5, 0.6) is 0 Å². The van der Waals surface area contributed by atoms with Crippen LogP contribution in [0, 0.1) is 18.8 Å². The van der Waals surface area contributed by atoms with Crippen molar-refractivity contribution in [3.63, 3.8) is 0 Å². The quantitative estimate of drug-likeness (QED) is 0.365. The number of anilines is 1. The Morgan fingerprint density at radius 1 is 1.13 bits per heavy atom. The van der Waals surface area contributed by atoms with Crippen molar-refractivity contribution in [2.75, 3.05) is 31.1 Å². The molecule has 1 amide bonds. The van der Waals surface area contributed by atoms with E-state index < -0.39 is 29.2 Å². The Hall–Kier alpha value is -3.18. The van der Waals surface area contributed by atoms with Crippen LogP contribution in [0.15, 0.2) is 23.1 Å². The van der Waals surface area contributed by atoms with Crippen LogP contribution in [-0.2, 0) is 4.74 Å². The SMILES string of the molecule is CC(C)(C)OC(=O)N[C@@]12CCCC[C@H]1CNC2.Cc1c(N2C[C@@H]3CCCC[C@@]3(N)C2)ccc2c(=O)c(C(=O)O)cn([C@@H]3C[C@@H]3F)c12. The molecule has 2 saturated heterocycles. The lowest BCUT2D eigenvalue weighted by Crippen LogP contribution is -2.56. The van der Waals surface area contributed by atoms with Crippen LogP contribution >= 0.6 is 0 Å². The number of carbonyl (C=O) groups excluding carboxylic acids is 1. The number of nitrogens with one attached hydrogen (secondary N) is 2. The van der Waals surface area contributed by atoms with E-state index in [-0.39, 0.29) is 22.7 Å². The number of aromatic nitrogens is 1. The van der Waals surface area contributed by atoms with E-state index in [0.717, 1.165) is 63.1 Å². The topological polar surface area (TPSA) is 139 Å². The van der Waals surface area contributed by atoms with Crippen molar-refractivity contribution in [2.24, 2.45) is 17.6 Å². The summed E-state index contributed by atoms with van der Waals surface area (Å²) in [5.41, 5.74) is 7.79. The van der Waals surface area contributed by atoms with Gasteiger partial charge in [0, 0.05) is 55.4 Å². The largest absolute Gasteiger partial charge is 0.477 e. The molecule has 1 aromatic heterocycles. The number of pyridine rings is 1. The van der Waals surface area contributed by atoms with Crippen molar-refractivity contribution in [1.29, 1.82) is 0 Å². The first-order valence-corrected chi connectivity index (χ1v) is 17.0. The third kappa shape index (κ3) is 6.24. The molecule has 10 nitrogen and oxygen atoms in total. The Bertz CT molecular complexity index is 1570. The molecule has 3 aliphatic carbocycles. The van der Waals surface area contributed by atoms with E-state index in [0.29, 0.717) is 29.2 Å². The summed E-state index contributed by atoms with van der Waals surface area (Å²) >= 11 is 0. The number of rotatable bonds is 4. The number of ether oxygens (including phenoxy) is 1. The molecule has 0 spiro atoms. The van der Waals surface area contributed by atoms with E-state index in [4.69, 9.17) is 10.5 Å². The number of alkyl carbamates (subject to hydrolysis) is 1. The lowest BCUT2D eigenvalue weighted by molar-refractivity contribution is 0.0403. The first-order valence-electron chi connectivity index (χ1n) is 17.0. The molecule has 252 valence electrons. The van der Waals surface area contributed by atoms with E-state index in [1.807, 2.05) is 33.8 Å². The second kappa shape index (κ2) is 12.1. The fraction of sp³-hybridized carbons (Fsp3) is 0.686. The van der Waals surface area contributed by atoms with Crippen molar-refractivity contribution in [2.45, 2.75) is 114 Å². The van der Waals surface area contributed by atoms with Crippen molar-refractivity contribution >= 4 is 28.7 Å². The van der Waals surface area contributed by atoms with Crippen LogP contribution in [0.3, 0.4) is 0 Å². The van der Waals surface area contributed by atoms with Crippen LogP contribution in [0.25, 0.3) is 10.9 Å². The molecule has 1 aromatic carbocycles. The van der Waals surface area contributed by atoms with Crippen LogP contribution in [0.1, 0.15) is 101 Å². The second-order valence-corrected chi connectivity index (χ2v) is 15.4. The Morgan fingerprint density at radius 2 is 1.83 bits per heavy atom. The summed E-state index contributed by atoms with van der Waals surface area (Å²) in [6.07, 6.45) is 9.70. The van der Waals surface area contributed by atoms with Gasteiger partial charge in [0.25, 0.3) is 0 Å². The molecular formula is C35H50FN5O5. The molecule has 0 bridgehead atoms. The lowest BCUT2D eigenvalue weighted by atomic mass is 9.75. The van der Waals surface area contributed by atoms with Gasteiger partial charge in [0.1, 0.15) is 17.3 Å². The average molecular weight is 640 g/mol. The summed E-state index contributed by atoms with van der Waals surface area (Å²) in [5, 5.41) is 16.3. The highest BCUT2D eigenvalue weighted by Crippen LogP contribution is 2.44. The van der Waals surface area contributed by atoms with Gasteiger partial charge in [0.2, 0.25) is 5.43 Å². The first-order chi connectivity index (χ1) is 21.7. The molecule has 46 heavy (non-hydrogen) atoms. The van der Waals surface area contributed by atoms with Gasteiger partial charge in [-0.3, -0.25) is 4.79 Å². The van der Waals surface area contributed by atoms with E-state index in [1.165, 1.54) is 31.9 Å². The number of hydrogen-bond acceptors (Lipinski definition) is 7. The zero-order chi connectivity index (χ0) is 33.0. The molecule has 5 aliphatic rings. The highest BCUT2D eigenvalue weighted by molar-refractivity contribution is 5.95. The predicted molar refractivity (Wildman–Crippen MR) is 176 cm³/mol. The minimum atomic E-state index is -1.28. The van der Waals surface area contributed by atoms with Gasteiger partial charge in [0.15, 0.2) is 0 Å². The molecule has 0 unspecified atom stereocenters. The number of aryl methyl sites for hydroxylation is 1. The van der Waals surface area contributed by atoms with Gasteiger partial charge in [-0.15, -0.1) is 0 Å². The minimum Gasteiger partial charge on any atom is -0.477 e. The summed E-state index contributed by atoms with van der Waals surface area (Å²) in [5.74, 6) is -0.248. The maximum absolute atomic E-state index is 13.9. The third-order valence-corrected chi connectivity index (χ3v) is 11.0. The fourth-order valence-electron chi connectivity index (χ4n) is 8.52. The van der Waals surface area contributed by atoms with Crippen LogP contribution < -0.4 is 26.7 Å². The van der Waals surface area contributed by atoms with Gasteiger partial charge >= 0.3 is 12.1 Å². The van der Waals surface area contributed by atoms with Crippen LogP contribution in [0.4, 0.5) is 14.9 Å². The molecule has 3 heterocycles. The Balaban J connectivity index is 0.000000187. The number of hydrogen-bond donors (Lipinski definition) is 4. The van der Waals surface area contributed by atoms with Gasteiger partial charge in [-0.1, -0.05) is 25.7 Å². The number of carboxylic acids is 1. The van der Waals surface area contributed by atoms with E-state index in [9.17, 15) is 23.9 Å². The number of nitrogens with zero attached hydrogens (tertiary/aromatic N) is 2. The van der Waals surface area contributed by atoms with Crippen molar-refractivity contribution in [3.05, 3.63) is 39.7 Å². The smallest absolute Gasteiger partial charge is 0.408 e. The number of amides is 1. The van der Waals surface area contributed by atoms with Crippen LogP contribution in [0.2, 0.25) is 0 Å². The number of nitrogens with two attached hydrogens (primary N) is 1. The second-order valence-electron chi connectivity index (χ2n) is 15.4. The molecule has 3 saturated carbocycles. The highest BCUT2D eigenvalue weighted by atomic mass is 19.1. The zero-order valence-electron chi connectivity index (χ0n) is 27.7. The monoisotopic (exact) mass is 639 g/mol. The maximum Gasteiger partial charge on any atom is 0.408 e. The summed E-state index contributed by atoms with van der Waals surface area (Å²) < 4.78 is 21.0. The minimum absolute atomic E-state index is 0.0550. The van der Waals surface area contributed by atoms with Gasteiger partial charge < -0.3 is 35.7 Å². The Morgan fingerprint density at radius 3 is 2.48 bits per heavy atom. The molecule has 5 fully saturated rings. The van der Waals surface area contributed by atoms with Gasteiger partial charge in [0.05, 0.1) is 17.1 Å². The normalized spacial score (nSPS) is 31.8. The summed E-state index contributed by atoms with van der Waals surface area (Å²) in [6, 6.07) is 3.19. The average Bonchev–Trinajstić information content (AvgIpc) is 3.38. The van der Waals surface area contributed by atoms with Gasteiger partial charge in [-0.2, -0.15) is 0 Å². The van der Waals surface area contributed by atoms with Crippen molar-refractivity contribution < 1.29 is 23.8 Å². The highest BCUT2D eigenvalue weighted by Gasteiger charge is 2.47. The van der Waals surface area contributed by atoms with E-state index >= 15 is 0 Å². The molecule has 5 N–H and O–H groups in total. The maximum atomic E-state index is 13.9. The molecular weight excluding hydrogens is 589 g/mol. The summed E-state index contributed by atoms with van der Waals surface area (Å²) in [6.45, 7) is 11.2. The number of fused-ring (bicyclic) bond motifs is 3. The standard InChI is InChI=1S/C22H26FN3O3.C13H24N2O2/c1-12-17(25-9-13-4-2-3-7-22(13,24)11-25)6-5-14-19(12)26(18-8-16(18)23)10-15(20(14)27)21(28)29;1-12(2,3)17-11(16)15-13-7-5-4-6-10(13)8-14-9-13/h5-6,10,13,16,18H,2-4,7-9,11,24H2,1H3,(H,28,29);10,14H,4-9H2,1-3H3,(H,15,16)/t13-,16-,18+,22+;10-,13+/m00/s1. The van der Waals surface area contributed by atoms with E-state index in [2.05, 4.69) is 15.5 Å². The molecule has 11 heteroatoms. The molecule has 0 radical (unpaired) electrons. The van der Waals surface area contributed by atoms with Gasteiger partial charge in [-0.25, -0.2) is 14.0 Å². The predicted octanol–water partition coefficient (Wildman–Crippen LogP) is 5.04. The molecule has 2 aliphatic heterocycles. The lowest BCUT2D eigenvalue weighted by Gasteiger charge is -2.39. The van der Waals surface area contributed by atoms with E-state index in [1.54, 1.807) is 10.6 Å². The van der Waals surface area contributed by atoms with Gasteiger partial charge in [-0.05, 0) is 82.9 Å². The number of benzene rings is 1. The zero-order valence-corrected chi connectivity index (χ0v) is 27.7. The number of carbonyl (C=O) groups is 2.